The highest BCUT2D eigenvalue weighted by molar-refractivity contribution is 7.89. The van der Waals surface area contributed by atoms with Crippen molar-refractivity contribution in [3.63, 3.8) is 0 Å². The predicted octanol–water partition coefficient (Wildman–Crippen LogP) is 1.23. The summed E-state index contributed by atoms with van der Waals surface area (Å²) in [6.07, 6.45) is 0. The van der Waals surface area contributed by atoms with Crippen LogP contribution < -0.4 is 10.7 Å². The molecule has 0 radical (unpaired) electrons. The normalized spacial score (nSPS) is 15.4. The van der Waals surface area contributed by atoms with Gasteiger partial charge < -0.3 is 9.32 Å². The summed E-state index contributed by atoms with van der Waals surface area (Å²) in [5, 5.41) is 13.0. The Balaban J connectivity index is 1.31. The van der Waals surface area contributed by atoms with Crippen LogP contribution in [0.3, 0.4) is 0 Å². The van der Waals surface area contributed by atoms with E-state index in [-0.39, 0.29) is 4.90 Å². The second-order valence-corrected chi connectivity index (χ2v) is 9.97. The number of hydrogen-bond donors (Lipinski definition) is 0. The minimum absolute atomic E-state index is 0.133. The van der Waals surface area contributed by atoms with E-state index in [2.05, 4.69) is 15.3 Å². The molecule has 1 saturated heterocycles. The first-order valence-corrected chi connectivity index (χ1v) is 11.9. The second-order valence-electron chi connectivity index (χ2n) is 8.04. The molecule has 33 heavy (non-hydrogen) atoms. The van der Waals surface area contributed by atoms with Crippen LogP contribution in [0.2, 0.25) is 0 Å². The summed E-state index contributed by atoms with van der Waals surface area (Å²) in [5.41, 5.74) is 2.68. The molecule has 5 rings (SSSR count). The van der Waals surface area contributed by atoms with Crippen LogP contribution in [0.5, 0.6) is 0 Å². The summed E-state index contributed by atoms with van der Waals surface area (Å²) in [4.78, 5) is 13.8. The van der Waals surface area contributed by atoms with Crippen LogP contribution in [0.1, 0.15) is 11.4 Å². The van der Waals surface area contributed by atoms with Gasteiger partial charge in [-0.1, -0.05) is 0 Å². The van der Waals surface area contributed by atoms with Crippen molar-refractivity contribution >= 4 is 26.9 Å². The minimum Gasteiger partial charge on any atom is -0.408 e. The minimum atomic E-state index is -3.71. The van der Waals surface area contributed by atoms with Gasteiger partial charge in [0, 0.05) is 38.9 Å². The highest BCUT2D eigenvalue weighted by atomic mass is 32.2. The van der Waals surface area contributed by atoms with E-state index in [0.717, 1.165) is 11.4 Å². The number of nitrogens with zero attached hydrogens (tertiary/aromatic N) is 7. The summed E-state index contributed by atoms with van der Waals surface area (Å²) >= 11 is 0. The van der Waals surface area contributed by atoms with Gasteiger partial charge in [-0.05, 0) is 50.2 Å². The van der Waals surface area contributed by atoms with E-state index in [9.17, 15) is 13.2 Å². The van der Waals surface area contributed by atoms with Gasteiger partial charge in [0.25, 0.3) is 0 Å². The topological polar surface area (TPSA) is 119 Å². The molecule has 0 N–H and O–H groups in total. The molecule has 3 aromatic heterocycles. The Morgan fingerprint density at radius 2 is 1.64 bits per heavy atom. The molecule has 0 spiro atoms. The lowest BCUT2D eigenvalue weighted by atomic mass is 10.3. The molecule has 4 heterocycles. The summed E-state index contributed by atoms with van der Waals surface area (Å²) in [5.74, 6) is 0.792. The standard InChI is InChI=1S/C21H23N7O4S/c1-14-12-15(2)28(24-14)20-7-6-19(22-23-20)26-8-10-27(11-9-26)33(30,31)16-4-5-18-17(13-16)25(3)21(29)32-18/h4-7,12-13H,8-11H2,1-3H3. The maximum Gasteiger partial charge on any atom is 0.419 e. The summed E-state index contributed by atoms with van der Waals surface area (Å²) < 4.78 is 35.9. The number of benzene rings is 1. The first kappa shape index (κ1) is 21.3. The molecule has 0 amide bonds. The Kier molecular flexibility index (Phi) is 5.05. The van der Waals surface area contributed by atoms with Crippen LogP contribution in [0.4, 0.5) is 5.82 Å². The lowest BCUT2D eigenvalue weighted by molar-refractivity contribution is 0.383. The van der Waals surface area contributed by atoms with Gasteiger partial charge in [0.2, 0.25) is 10.0 Å². The lowest BCUT2D eigenvalue weighted by Gasteiger charge is -2.34. The fourth-order valence-electron chi connectivity index (χ4n) is 4.03. The SMILES string of the molecule is Cc1cc(C)n(-c2ccc(N3CCN(S(=O)(=O)c4ccc5oc(=O)n(C)c5c4)CC3)nn2)n1. The zero-order valence-corrected chi connectivity index (χ0v) is 19.3. The highest BCUT2D eigenvalue weighted by Crippen LogP contribution is 2.23. The van der Waals surface area contributed by atoms with Gasteiger partial charge in [0.1, 0.15) is 0 Å². The van der Waals surface area contributed by atoms with Gasteiger partial charge >= 0.3 is 5.76 Å². The Labute approximate surface area is 189 Å². The fraction of sp³-hybridized carbons (Fsp3) is 0.333. The van der Waals surface area contributed by atoms with Crippen LogP contribution in [0.25, 0.3) is 16.9 Å². The molecular weight excluding hydrogens is 446 g/mol. The van der Waals surface area contributed by atoms with E-state index in [1.165, 1.54) is 27.1 Å². The van der Waals surface area contributed by atoms with Gasteiger partial charge in [0.15, 0.2) is 17.2 Å². The molecule has 1 aliphatic heterocycles. The van der Waals surface area contributed by atoms with Crippen LogP contribution >= 0.6 is 0 Å². The van der Waals surface area contributed by atoms with E-state index in [0.29, 0.717) is 48.9 Å². The predicted molar refractivity (Wildman–Crippen MR) is 121 cm³/mol. The van der Waals surface area contributed by atoms with Gasteiger partial charge in [-0.2, -0.15) is 9.40 Å². The molecule has 4 aromatic rings. The van der Waals surface area contributed by atoms with Gasteiger partial charge in [-0.3, -0.25) is 4.57 Å². The molecule has 0 unspecified atom stereocenters. The van der Waals surface area contributed by atoms with Crippen molar-refractivity contribution in [1.82, 2.24) is 28.9 Å². The summed E-state index contributed by atoms with van der Waals surface area (Å²) in [7, 11) is -2.16. The second kappa shape index (κ2) is 7.81. The number of aryl methyl sites for hydroxylation is 3. The maximum atomic E-state index is 13.2. The fourth-order valence-corrected chi connectivity index (χ4v) is 5.48. The number of hydrogen-bond acceptors (Lipinski definition) is 8. The van der Waals surface area contributed by atoms with Crippen molar-refractivity contribution < 1.29 is 12.8 Å². The van der Waals surface area contributed by atoms with Crippen LogP contribution in [-0.4, -0.2) is 63.4 Å². The van der Waals surface area contributed by atoms with E-state index >= 15 is 0 Å². The van der Waals surface area contributed by atoms with Crippen molar-refractivity contribution in [3.05, 3.63) is 58.3 Å². The molecule has 11 nitrogen and oxygen atoms in total. The molecular formula is C21H23N7O4S. The van der Waals surface area contributed by atoms with E-state index in [1.54, 1.807) is 11.7 Å². The van der Waals surface area contributed by atoms with E-state index in [4.69, 9.17) is 4.42 Å². The largest absolute Gasteiger partial charge is 0.419 e. The lowest BCUT2D eigenvalue weighted by Crippen LogP contribution is -2.49. The number of anilines is 1. The molecule has 12 heteroatoms. The summed E-state index contributed by atoms with van der Waals surface area (Å²) in [6.45, 7) is 5.47. The Morgan fingerprint density at radius 1 is 0.939 bits per heavy atom. The van der Waals surface area contributed by atoms with Gasteiger partial charge in [0.05, 0.1) is 16.1 Å². The van der Waals surface area contributed by atoms with Crippen molar-refractivity contribution in [1.29, 1.82) is 0 Å². The van der Waals surface area contributed by atoms with Crippen LogP contribution in [0, 0.1) is 13.8 Å². The zero-order valence-electron chi connectivity index (χ0n) is 18.5. The number of sulfonamides is 1. The Bertz CT molecular complexity index is 1490. The summed E-state index contributed by atoms with van der Waals surface area (Å²) in [6, 6.07) is 10.2. The number of rotatable bonds is 4. The van der Waals surface area contributed by atoms with E-state index < -0.39 is 15.8 Å². The van der Waals surface area contributed by atoms with E-state index in [1.807, 2.05) is 36.9 Å². The number of fused-ring (bicyclic) bond motifs is 1. The van der Waals surface area contributed by atoms with Crippen LogP contribution in [0.15, 0.2) is 50.5 Å². The third kappa shape index (κ3) is 3.70. The zero-order chi connectivity index (χ0) is 23.3. The number of oxazole rings is 1. The van der Waals surface area contributed by atoms with Crippen molar-refractivity contribution in [2.75, 3.05) is 31.1 Å². The smallest absolute Gasteiger partial charge is 0.408 e. The molecule has 0 atom stereocenters. The first-order valence-electron chi connectivity index (χ1n) is 10.5. The monoisotopic (exact) mass is 469 g/mol. The third-order valence-electron chi connectivity index (χ3n) is 5.83. The van der Waals surface area contributed by atoms with Crippen molar-refractivity contribution in [2.24, 2.45) is 7.05 Å². The third-order valence-corrected chi connectivity index (χ3v) is 7.72. The molecule has 0 aliphatic carbocycles. The average Bonchev–Trinajstić information content (AvgIpc) is 3.30. The molecule has 172 valence electrons. The molecule has 1 fully saturated rings. The molecule has 0 bridgehead atoms. The Hall–Kier alpha value is -3.51. The van der Waals surface area contributed by atoms with Gasteiger partial charge in [-0.25, -0.2) is 17.9 Å². The van der Waals surface area contributed by atoms with Gasteiger partial charge in [-0.15, -0.1) is 10.2 Å². The first-order chi connectivity index (χ1) is 15.7. The molecule has 1 aliphatic rings. The highest BCUT2D eigenvalue weighted by Gasteiger charge is 2.29. The molecule has 1 aromatic carbocycles. The average molecular weight is 470 g/mol. The maximum absolute atomic E-state index is 13.2. The van der Waals surface area contributed by atoms with Crippen LogP contribution in [-0.2, 0) is 17.1 Å². The van der Waals surface area contributed by atoms with Crippen molar-refractivity contribution in [2.45, 2.75) is 18.7 Å². The quantitative estimate of drug-likeness (QED) is 0.438. The number of aromatic nitrogens is 5. The Morgan fingerprint density at radius 3 is 2.27 bits per heavy atom. The number of piperazine rings is 1. The molecule has 0 saturated carbocycles. The van der Waals surface area contributed by atoms with Crippen molar-refractivity contribution in [3.8, 4) is 5.82 Å².